The van der Waals surface area contributed by atoms with E-state index in [2.05, 4.69) is 0 Å². The minimum Gasteiger partial charge on any atom is -0.351 e. The van der Waals surface area contributed by atoms with E-state index in [0.29, 0.717) is 25.4 Å². The molecule has 1 aliphatic rings. The van der Waals surface area contributed by atoms with Crippen LogP contribution in [0.4, 0.5) is 4.79 Å². The van der Waals surface area contributed by atoms with Crippen LogP contribution in [0.1, 0.15) is 40.0 Å². The molecule has 4 nitrogen and oxygen atoms in total. The van der Waals surface area contributed by atoms with Gasteiger partial charge in [-0.2, -0.15) is 0 Å². The van der Waals surface area contributed by atoms with E-state index >= 15 is 0 Å². The first-order valence-corrected chi connectivity index (χ1v) is 5.63. The number of Topliss-reactive ketones (excluding diaryl/α,β-unsaturated/α-hetero) is 1. The maximum Gasteiger partial charge on any atom is 0.314 e. The lowest BCUT2D eigenvalue weighted by molar-refractivity contribution is -0.118. The van der Waals surface area contributed by atoms with Gasteiger partial charge in [0.15, 0.2) is 0 Å². The van der Waals surface area contributed by atoms with E-state index in [-0.39, 0.29) is 11.8 Å². The molecule has 0 aromatic carbocycles. The number of hydrogen-bond acceptors (Lipinski definition) is 2. The van der Waals surface area contributed by atoms with E-state index in [1.807, 2.05) is 13.8 Å². The van der Waals surface area contributed by atoms with Crippen LogP contribution in [0.3, 0.4) is 0 Å². The van der Waals surface area contributed by atoms with Crippen LogP contribution in [0.2, 0.25) is 0 Å². The van der Waals surface area contributed by atoms with Gasteiger partial charge in [0.2, 0.25) is 0 Å². The lowest BCUT2D eigenvalue weighted by Crippen LogP contribution is -2.41. The van der Waals surface area contributed by atoms with Crippen molar-refractivity contribution in [2.45, 2.75) is 40.0 Å². The van der Waals surface area contributed by atoms with Crippen LogP contribution in [0, 0.1) is 5.92 Å². The highest BCUT2D eigenvalue weighted by Gasteiger charge is 2.21. The topological polar surface area (TPSA) is 63.4 Å². The van der Waals surface area contributed by atoms with Crippen molar-refractivity contribution in [3.8, 4) is 0 Å². The summed E-state index contributed by atoms with van der Waals surface area (Å²) in [4.78, 5) is 23.2. The molecule has 1 rings (SSSR count). The Morgan fingerprint density at radius 2 is 1.73 bits per heavy atom. The largest absolute Gasteiger partial charge is 0.351 e. The first-order chi connectivity index (χ1) is 7.09. The zero-order valence-corrected chi connectivity index (χ0v) is 9.95. The molecule has 0 unspecified atom stereocenters. The van der Waals surface area contributed by atoms with Gasteiger partial charge in [-0.15, -0.1) is 0 Å². The van der Waals surface area contributed by atoms with Gasteiger partial charge in [-0.05, 0) is 25.7 Å². The Kier molecular flexibility index (Phi) is 6.75. The molecule has 88 valence electrons. The highest BCUT2D eigenvalue weighted by Crippen LogP contribution is 2.20. The maximum atomic E-state index is 10.8. The fourth-order valence-corrected chi connectivity index (χ4v) is 1.76. The normalized spacial score (nSPS) is 16.6. The summed E-state index contributed by atoms with van der Waals surface area (Å²) >= 11 is 0. The van der Waals surface area contributed by atoms with Gasteiger partial charge in [0, 0.05) is 19.5 Å². The van der Waals surface area contributed by atoms with E-state index in [1.54, 1.807) is 11.8 Å². The second-order valence-electron chi connectivity index (χ2n) is 3.67. The van der Waals surface area contributed by atoms with Gasteiger partial charge >= 0.3 is 6.03 Å². The highest BCUT2D eigenvalue weighted by atomic mass is 16.2. The zero-order chi connectivity index (χ0) is 11.8. The first-order valence-electron chi connectivity index (χ1n) is 5.63. The number of likely N-dealkylation sites (tertiary alicyclic amines) is 1. The summed E-state index contributed by atoms with van der Waals surface area (Å²) in [6, 6.07) is -0.346. The molecule has 0 saturated carbocycles. The third-order valence-electron chi connectivity index (χ3n) is 2.50. The molecule has 15 heavy (non-hydrogen) atoms. The molecular formula is C11H22N2O2. The lowest BCUT2D eigenvalue weighted by Gasteiger charge is -2.30. The number of carbonyl (C=O) groups excluding carboxylic acids is 2. The molecule has 0 atom stereocenters. The van der Waals surface area contributed by atoms with Crippen LogP contribution >= 0.6 is 0 Å². The van der Waals surface area contributed by atoms with Crippen LogP contribution in [0.25, 0.3) is 0 Å². The molecule has 0 aromatic heterocycles. The molecule has 1 saturated heterocycles. The molecule has 0 spiro atoms. The molecule has 1 fully saturated rings. The summed E-state index contributed by atoms with van der Waals surface area (Å²) < 4.78 is 0. The molecule has 0 aliphatic carbocycles. The second kappa shape index (κ2) is 7.26. The van der Waals surface area contributed by atoms with Crippen molar-refractivity contribution in [2.75, 3.05) is 13.1 Å². The quantitative estimate of drug-likeness (QED) is 0.761. The number of carbonyl (C=O) groups is 2. The van der Waals surface area contributed by atoms with Crippen LogP contribution < -0.4 is 5.73 Å². The first kappa shape index (κ1) is 13.9. The van der Waals surface area contributed by atoms with Gasteiger partial charge in [-0.3, -0.25) is 0 Å². The Labute approximate surface area is 91.8 Å². The molecule has 0 radical (unpaired) electrons. The summed E-state index contributed by atoms with van der Waals surface area (Å²) in [5.41, 5.74) is 5.13. The third-order valence-corrected chi connectivity index (χ3v) is 2.50. The molecule has 1 aliphatic heterocycles. The molecule has 2 amide bonds. The van der Waals surface area contributed by atoms with Crippen molar-refractivity contribution in [1.29, 1.82) is 0 Å². The van der Waals surface area contributed by atoms with Gasteiger partial charge in [0.05, 0.1) is 0 Å². The number of amides is 2. The van der Waals surface area contributed by atoms with Gasteiger partial charge in [-0.25, -0.2) is 4.79 Å². The van der Waals surface area contributed by atoms with E-state index in [9.17, 15) is 9.59 Å². The summed E-state index contributed by atoms with van der Waals surface area (Å²) in [7, 11) is 0. The van der Waals surface area contributed by atoms with Crippen molar-refractivity contribution in [3.05, 3.63) is 0 Å². The molecule has 2 N–H and O–H groups in total. The number of rotatable bonds is 2. The van der Waals surface area contributed by atoms with Crippen molar-refractivity contribution >= 4 is 11.8 Å². The monoisotopic (exact) mass is 214 g/mol. The average Bonchev–Trinajstić information content (AvgIpc) is 2.20. The second-order valence-corrected chi connectivity index (χ2v) is 3.67. The molecular weight excluding hydrogens is 192 g/mol. The molecule has 4 heteroatoms. The van der Waals surface area contributed by atoms with Crippen LogP contribution in [-0.2, 0) is 4.79 Å². The zero-order valence-electron chi connectivity index (χ0n) is 9.95. The number of hydrogen-bond donors (Lipinski definition) is 1. The number of urea groups is 1. The summed E-state index contributed by atoms with van der Waals surface area (Å²) in [6.45, 7) is 7.01. The Morgan fingerprint density at radius 1 is 1.27 bits per heavy atom. The number of nitrogens with zero attached hydrogens (tertiary/aromatic N) is 1. The molecule has 1 heterocycles. The minimum absolute atomic E-state index is 0.234. The maximum absolute atomic E-state index is 10.8. The van der Waals surface area contributed by atoms with Gasteiger partial charge in [-0.1, -0.05) is 13.8 Å². The van der Waals surface area contributed by atoms with E-state index in [0.717, 1.165) is 12.8 Å². The van der Waals surface area contributed by atoms with Crippen molar-refractivity contribution in [1.82, 2.24) is 4.90 Å². The number of piperidine rings is 1. The smallest absolute Gasteiger partial charge is 0.314 e. The summed E-state index contributed by atoms with van der Waals surface area (Å²) in [5.74, 6) is 0.686. The van der Waals surface area contributed by atoms with Crippen LogP contribution in [0.15, 0.2) is 0 Å². The average molecular weight is 214 g/mol. The Bertz CT molecular complexity index is 209. The van der Waals surface area contributed by atoms with Gasteiger partial charge in [0.25, 0.3) is 0 Å². The van der Waals surface area contributed by atoms with Gasteiger partial charge in [0.1, 0.15) is 5.78 Å². The molecule has 0 aromatic rings. The Morgan fingerprint density at radius 3 is 2.07 bits per heavy atom. The predicted molar refractivity (Wildman–Crippen MR) is 60.5 cm³/mol. The summed E-state index contributed by atoms with van der Waals surface area (Å²) in [5, 5.41) is 0. The van der Waals surface area contributed by atoms with E-state index < -0.39 is 0 Å². The summed E-state index contributed by atoms with van der Waals surface area (Å²) in [6.07, 6.45) is 2.46. The lowest BCUT2D eigenvalue weighted by atomic mass is 9.92. The van der Waals surface area contributed by atoms with Crippen molar-refractivity contribution in [2.24, 2.45) is 11.7 Å². The van der Waals surface area contributed by atoms with Crippen LogP contribution in [0.5, 0.6) is 0 Å². The third kappa shape index (κ3) is 5.40. The predicted octanol–water partition coefficient (Wildman–Crippen LogP) is 1.78. The Balaban J connectivity index is 0.000000921. The van der Waals surface area contributed by atoms with Crippen LogP contribution in [-0.4, -0.2) is 29.8 Å². The number of ketones is 1. The van der Waals surface area contributed by atoms with Gasteiger partial charge < -0.3 is 15.4 Å². The fraction of sp³-hybridized carbons (Fsp3) is 0.818. The minimum atomic E-state index is -0.346. The number of primary amides is 1. The number of nitrogens with two attached hydrogens (primary N) is 1. The Hall–Kier alpha value is -1.06. The highest BCUT2D eigenvalue weighted by molar-refractivity contribution is 5.75. The molecule has 0 bridgehead atoms. The van der Waals surface area contributed by atoms with Crippen molar-refractivity contribution < 1.29 is 9.59 Å². The fourth-order valence-electron chi connectivity index (χ4n) is 1.76. The standard InChI is InChI=1S/C9H16N2O2.C2H6/c1-7(12)6-8-2-4-11(5-3-8)9(10)13;1-2/h8H,2-6H2,1H3,(H2,10,13);1-2H3. The van der Waals surface area contributed by atoms with E-state index in [1.165, 1.54) is 0 Å². The SMILES string of the molecule is CC.CC(=O)CC1CCN(C(N)=O)CC1. The van der Waals surface area contributed by atoms with Crippen molar-refractivity contribution in [3.63, 3.8) is 0 Å². The van der Waals surface area contributed by atoms with E-state index in [4.69, 9.17) is 5.73 Å².